The lowest BCUT2D eigenvalue weighted by molar-refractivity contribution is -0.126. The lowest BCUT2D eigenvalue weighted by Crippen LogP contribution is -2.36. The van der Waals surface area contributed by atoms with Crippen LogP contribution in [0.15, 0.2) is 42.5 Å². The molecule has 0 heterocycles. The van der Waals surface area contributed by atoms with Crippen molar-refractivity contribution >= 4 is 17.6 Å². The first kappa shape index (κ1) is 11.8. The fourth-order valence-corrected chi connectivity index (χ4v) is 0.987. The van der Waals surface area contributed by atoms with Gasteiger partial charge in [0.1, 0.15) is 0 Å². The highest BCUT2D eigenvalue weighted by molar-refractivity contribution is 6.45. The summed E-state index contributed by atoms with van der Waals surface area (Å²) in [5, 5.41) is 1.95. The van der Waals surface area contributed by atoms with E-state index in [0.717, 1.165) is 0 Å². The topological polar surface area (TPSA) is 63.2 Å². The highest BCUT2D eigenvalue weighted by Gasteiger charge is 2.18. The van der Waals surface area contributed by atoms with Crippen molar-refractivity contribution in [1.82, 2.24) is 5.32 Å². The fourth-order valence-electron chi connectivity index (χ4n) is 0.987. The van der Waals surface area contributed by atoms with Crippen molar-refractivity contribution in [3.63, 3.8) is 0 Å². The summed E-state index contributed by atoms with van der Waals surface area (Å²) in [5.41, 5.74) is 0.420. The van der Waals surface area contributed by atoms with Gasteiger partial charge in [0, 0.05) is 11.1 Å². The van der Waals surface area contributed by atoms with Gasteiger partial charge in [-0.2, -0.15) is 0 Å². The van der Waals surface area contributed by atoms with Gasteiger partial charge in [0.2, 0.25) is 0 Å². The van der Waals surface area contributed by atoms with Gasteiger partial charge in [-0.1, -0.05) is 36.9 Å². The van der Waals surface area contributed by atoms with Crippen LogP contribution in [0.4, 0.5) is 0 Å². The van der Waals surface area contributed by atoms with Crippen LogP contribution in [0.5, 0.6) is 0 Å². The zero-order chi connectivity index (χ0) is 12.1. The maximum absolute atomic E-state index is 11.5. The van der Waals surface area contributed by atoms with Gasteiger partial charge in [-0.25, -0.2) is 0 Å². The Morgan fingerprint density at radius 3 is 2.12 bits per heavy atom. The first-order valence-electron chi connectivity index (χ1n) is 4.63. The van der Waals surface area contributed by atoms with Gasteiger partial charge in [0.15, 0.2) is 0 Å². The van der Waals surface area contributed by atoms with E-state index in [-0.39, 0.29) is 11.1 Å². The molecule has 1 N–H and O–H groups in total. The van der Waals surface area contributed by atoms with Crippen LogP contribution in [0.1, 0.15) is 17.3 Å². The van der Waals surface area contributed by atoms with E-state index in [1.54, 1.807) is 18.2 Å². The second-order valence-corrected chi connectivity index (χ2v) is 3.26. The molecule has 4 heteroatoms. The molecule has 0 bridgehead atoms. The molecule has 0 saturated carbocycles. The van der Waals surface area contributed by atoms with E-state index in [0.29, 0.717) is 0 Å². The summed E-state index contributed by atoms with van der Waals surface area (Å²) in [6, 6.07) is 8.02. The number of benzene rings is 1. The number of hydrogen-bond donors (Lipinski definition) is 1. The Morgan fingerprint density at radius 1 is 1.06 bits per heavy atom. The molecule has 0 atom stereocenters. The Bertz CT molecular complexity index is 449. The number of hydrogen-bond acceptors (Lipinski definition) is 3. The van der Waals surface area contributed by atoms with E-state index in [1.807, 2.05) is 5.32 Å². The van der Waals surface area contributed by atoms with Crippen LogP contribution >= 0.6 is 0 Å². The van der Waals surface area contributed by atoms with E-state index in [4.69, 9.17) is 0 Å². The van der Waals surface area contributed by atoms with Gasteiger partial charge >= 0.3 is 0 Å². The normalized spacial score (nSPS) is 9.31. The van der Waals surface area contributed by atoms with E-state index in [2.05, 4.69) is 6.58 Å². The maximum atomic E-state index is 11.5. The minimum absolute atomic E-state index is 0.175. The number of imide groups is 1. The summed E-state index contributed by atoms with van der Waals surface area (Å²) in [6.45, 7) is 4.82. The third-order valence-corrected chi connectivity index (χ3v) is 1.86. The number of ketones is 1. The van der Waals surface area contributed by atoms with E-state index in [9.17, 15) is 14.4 Å². The molecule has 0 unspecified atom stereocenters. The van der Waals surface area contributed by atoms with Crippen molar-refractivity contribution < 1.29 is 14.4 Å². The Morgan fingerprint density at radius 2 is 1.62 bits per heavy atom. The lowest BCUT2D eigenvalue weighted by atomic mass is 10.1. The average molecular weight is 217 g/mol. The molecule has 0 fully saturated rings. The molecular weight excluding hydrogens is 206 g/mol. The van der Waals surface area contributed by atoms with Crippen molar-refractivity contribution in [2.45, 2.75) is 6.92 Å². The molecule has 0 spiro atoms. The number of amides is 2. The summed E-state index contributed by atoms with van der Waals surface area (Å²) >= 11 is 0. The molecule has 2 amide bonds. The number of rotatable bonds is 3. The maximum Gasteiger partial charge on any atom is 0.299 e. The third-order valence-electron chi connectivity index (χ3n) is 1.86. The van der Waals surface area contributed by atoms with Gasteiger partial charge in [-0.3, -0.25) is 19.7 Å². The molecule has 0 aromatic heterocycles. The van der Waals surface area contributed by atoms with E-state index >= 15 is 0 Å². The van der Waals surface area contributed by atoms with Gasteiger partial charge in [-0.05, 0) is 6.92 Å². The first-order valence-corrected chi connectivity index (χ1v) is 4.63. The first-order chi connectivity index (χ1) is 7.52. The SMILES string of the molecule is C=C(C)C(=O)NC(=O)C(=O)c1ccccc1. The number of nitrogens with one attached hydrogen (secondary N) is 1. The second-order valence-electron chi connectivity index (χ2n) is 3.26. The van der Waals surface area contributed by atoms with Crippen molar-refractivity contribution in [3.8, 4) is 0 Å². The Hall–Kier alpha value is -2.23. The third kappa shape index (κ3) is 2.88. The molecular formula is C12H11NO3. The molecule has 1 aromatic carbocycles. The number of carbonyl (C=O) groups excluding carboxylic acids is 3. The van der Waals surface area contributed by atoms with E-state index < -0.39 is 17.6 Å². The van der Waals surface area contributed by atoms with Crippen molar-refractivity contribution in [1.29, 1.82) is 0 Å². The van der Waals surface area contributed by atoms with Crippen molar-refractivity contribution in [2.75, 3.05) is 0 Å². The predicted molar refractivity (Wildman–Crippen MR) is 58.7 cm³/mol. The molecule has 0 aliphatic rings. The summed E-state index contributed by atoms with van der Waals surface area (Å²) in [4.78, 5) is 33.9. The van der Waals surface area contributed by atoms with Crippen molar-refractivity contribution in [3.05, 3.63) is 48.0 Å². The van der Waals surface area contributed by atoms with Crippen LogP contribution in [0.2, 0.25) is 0 Å². The Balaban J connectivity index is 2.73. The van der Waals surface area contributed by atoms with Gasteiger partial charge in [0.05, 0.1) is 0 Å². The predicted octanol–water partition coefficient (Wildman–Crippen LogP) is 1.09. The summed E-state index contributed by atoms with van der Waals surface area (Å²) in [7, 11) is 0. The van der Waals surface area contributed by atoms with Crippen LogP contribution in [-0.2, 0) is 9.59 Å². The Kier molecular flexibility index (Phi) is 3.72. The van der Waals surface area contributed by atoms with Crippen LogP contribution in [0.25, 0.3) is 0 Å². The molecule has 1 rings (SSSR count). The largest absolute Gasteiger partial charge is 0.299 e. The summed E-state index contributed by atoms with van der Waals surface area (Å²) in [5.74, 6) is -2.33. The minimum atomic E-state index is -0.945. The fraction of sp³-hybridized carbons (Fsp3) is 0.0833. The van der Waals surface area contributed by atoms with Crippen LogP contribution in [0, 0.1) is 0 Å². The van der Waals surface area contributed by atoms with Gasteiger partial charge in [-0.15, -0.1) is 0 Å². The van der Waals surface area contributed by atoms with Crippen molar-refractivity contribution in [2.24, 2.45) is 0 Å². The molecule has 1 aromatic rings. The highest BCUT2D eigenvalue weighted by Crippen LogP contribution is 2.00. The zero-order valence-electron chi connectivity index (χ0n) is 8.82. The van der Waals surface area contributed by atoms with Crippen LogP contribution < -0.4 is 5.32 Å². The molecule has 0 radical (unpaired) electrons. The average Bonchev–Trinajstić information content (AvgIpc) is 2.28. The standard InChI is InChI=1S/C12H11NO3/c1-8(2)11(15)13-12(16)10(14)9-6-4-3-5-7-9/h3-7H,1H2,2H3,(H,13,15,16). The van der Waals surface area contributed by atoms with Crippen LogP contribution in [-0.4, -0.2) is 17.6 Å². The molecule has 16 heavy (non-hydrogen) atoms. The Labute approximate surface area is 93.0 Å². The zero-order valence-corrected chi connectivity index (χ0v) is 8.82. The lowest BCUT2D eigenvalue weighted by Gasteiger charge is -2.02. The number of Topliss-reactive ketones (excluding diaryl/α,β-unsaturated/α-hetero) is 1. The molecule has 4 nitrogen and oxygen atoms in total. The molecule has 0 aliphatic carbocycles. The van der Waals surface area contributed by atoms with Crippen LogP contribution in [0.3, 0.4) is 0 Å². The monoisotopic (exact) mass is 217 g/mol. The molecule has 82 valence electrons. The van der Waals surface area contributed by atoms with Gasteiger partial charge < -0.3 is 0 Å². The summed E-state index contributed by atoms with van der Waals surface area (Å²) in [6.07, 6.45) is 0. The molecule has 0 saturated heterocycles. The number of carbonyl (C=O) groups is 3. The molecule has 0 aliphatic heterocycles. The van der Waals surface area contributed by atoms with E-state index in [1.165, 1.54) is 19.1 Å². The smallest absolute Gasteiger partial charge is 0.286 e. The van der Waals surface area contributed by atoms with Gasteiger partial charge in [0.25, 0.3) is 17.6 Å². The summed E-state index contributed by atoms with van der Waals surface area (Å²) < 4.78 is 0. The second kappa shape index (κ2) is 5.02. The quantitative estimate of drug-likeness (QED) is 0.468. The highest BCUT2D eigenvalue weighted by atomic mass is 16.2. The minimum Gasteiger partial charge on any atom is -0.286 e.